The van der Waals surface area contributed by atoms with Gasteiger partial charge in [-0.15, -0.1) is 0 Å². The van der Waals surface area contributed by atoms with Crippen LogP contribution in [0, 0.1) is 5.92 Å². The first-order valence-electron chi connectivity index (χ1n) is 6.05. The lowest BCUT2D eigenvalue weighted by atomic mass is 10.0. The summed E-state index contributed by atoms with van der Waals surface area (Å²) in [7, 11) is 0. The van der Waals surface area contributed by atoms with Gasteiger partial charge in [-0.2, -0.15) is 5.10 Å². The molecule has 0 aliphatic carbocycles. The van der Waals surface area contributed by atoms with Crippen molar-refractivity contribution in [2.45, 2.75) is 39.3 Å². The van der Waals surface area contributed by atoms with Crippen LogP contribution in [0.25, 0.3) is 0 Å². The van der Waals surface area contributed by atoms with Crippen LogP contribution in [-0.4, -0.2) is 29.0 Å². The Hall–Kier alpha value is -1.03. The summed E-state index contributed by atoms with van der Waals surface area (Å²) in [4.78, 5) is 0. The lowest BCUT2D eigenvalue weighted by Gasteiger charge is -2.19. The largest absolute Gasteiger partial charge is 0.381 e. The molecule has 0 bridgehead atoms. The van der Waals surface area contributed by atoms with E-state index >= 15 is 0 Å². The van der Waals surface area contributed by atoms with E-state index in [1.54, 1.807) is 0 Å². The van der Waals surface area contributed by atoms with Crippen molar-refractivity contribution in [2.75, 3.05) is 18.5 Å². The Balaban J connectivity index is 1.92. The number of hydrogen-bond donors (Lipinski definition) is 1. The second-order valence-corrected chi connectivity index (χ2v) is 4.86. The van der Waals surface area contributed by atoms with Gasteiger partial charge in [-0.1, -0.05) is 0 Å². The van der Waals surface area contributed by atoms with Gasteiger partial charge in [0.05, 0.1) is 18.5 Å². The molecule has 0 amide bonds. The molecule has 90 valence electrons. The Morgan fingerprint density at radius 3 is 2.88 bits per heavy atom. The van der Waals surface area contributed by atoms with Crippen LogP contribution >= 0.6 is 0 Å². The Bertz CT molecular complexity index is 329. The second-order valence-electron chi connectivity index (χ2n) is 4.86. The zero-order valence-corrected chi connectivity index (χ0v) is 10.3. The standard InChI is InChI=1S/C12H21N3O/c1-9(2)15-7-12(6-13-15)14-10(3)11-4-5-16-8-11/h6-7,9-11,14H,4-5,8H2,1-3H3. The number of ether oxygens (including phenoxy) is 1. The van der Waals surface area contributed by atoms with Crippen LogP contribution in [0.5, 0.6) is 0 Å². The molecular weight excluding hydrogens is 202 g/mol. The predicted octanol–water partition coefficient (Wildman–Crippen LogP) is 2.30. The van der Waals surface area contributed by atoms with Crippen LogP contribution in [0.1, 0.15) is 33.2 Å². The van der Waals surface area contributed by atoms with Crippen molar-refractivity contribution < 1.29 is 4.74 Å². The highest BCUT2D eigenvalue weighted by molar-refractivity contribution is 5.39. The number of rotatable bonds is 4. The van der Waals surface area contributed by atoms with Crippen molar-refractivity contribution in [1.82, 2.24) is 9.78 Å². The highest BCUT2D eigenvalue weighted by atomic mass is 16.5. The summed E-state index contributed by atoms with van der Waals surface area (Å²) in [5, 5.41) is 7.81. The first kappa shape index (κ1) is 11.5. The molecule has 0 saturated carbocycles. The Morgan fingerprint density at radius 2 is 2.31 bits per heavy atom. The minimum atomic E-state index is 0.417. The average molecular weight is 223 g/mol. The summed E-state index contributed by atoms with van der Waals surface area (Å²) in [5.41, 5.74) is 1.10. The summed E-state index contributed by atoms with van der Waals surface area (Å²) < 4.78 is 7.37. The van der Waals surface area contributed by atoms with Gasteiger partial charge in [-0.3, -0.25) is 4.68 Å². The highest BCUT2D eigenvalue weighted by Crippen LogP contribution is 2.20. The van der Waals surface area contributed by atoms with Crippen LogP contribution < -0.4 is 5.32 Å². The van der Waals surface area contributed by atoms with E-state index in [1.807, 2.05) is 10.9 Å². The van der Waals surface area contributed by atoms with Gasteiger partial charge >= 0.3 is 0 Å². The van der Waals surface area contributed by atoms with Crippen LogP contribution in [-0.2, 0) is 4.74 Å². The normalized spacial score (nSPS) is 22.6. The maximum atomic E-state index is 5.40. The molecule has 2 unspecified atom stereocenters. The van der Waals surface area contributed by atoms with Gasteiger partial charge in [0.25, 0.3) is 0 Å². The third kappa shape index (κ3) is 2.55. The van der Waals surface area contributed by atoms with E-state index in [1.165, 1.54) is 0 Å². The van der Waals surface area contributed by atoms with Crippen molar-refractivity contribution in [2.24, 2.45) is 5.92 Å². The molecular formula is C12H21N3O. The molecule has 4 nitrogen and oxygen atoms in total. The molecule has 1 N–H and O–H groups in total. The smallest absolute Gasteiger partial charge is 0.0728 e. The number of anilines is 1. The predicted molar refractivity (Wildman–Crippen MR) is 64.6 cm³/mol. The summed E-state index contributed by atoms with van der Waals surface area (Å²) in [5.74, 6) is 0.627. The number of nitrogens with one attached hydrogen (secondary N) is 1. The van der Waals surface area contributed by atoms with Crippen molar-refractivity contribution >= 4 is 5.69 Å². The van der Waals surface area contributed by atoms with E-state index in [-0.39, 0.29) is 0 Å². The zero-order valence-electron chi connectivity index (χ0n) is 10.3. The molecule has 0 radical (unpaired) electrons. The number of hydrogen-bond acceptors (Lipinski definition) is 3. The van der Waals surface area contributed by atoms with Crippen molar-refractivity contribution in [3.05, 3.63) is 12.4 Å². The van der Waals surface area contributed by atoms with E-state index in [2.05, 4.69) is 37.4 Å². The van der Waals surface area contributed by atoms with Gasteiger partial charge < -0.3 is 10.1 Å². The monoisotopic (exact) mass is 223 g/mol. The maximum absolute atomic E-state index is 5.40. The topological polar surface area (TPSA) is 39.1 Å². The SMILES string of the molecule is CC(Nc1cnn(C(C)C)c1)C1CCOC1. The molecule has 1 aromatic rings. The van der Waals surface area contributed by atoms with Gasteiger partial charge in [-0.25, -0.2) is 0 Å². The molecule has 1 aliphatic rings. The fourth-order valence-corrected chi connectivity index (χ4v) is 2.02. The van der Waals surface area contributed by atoms with Crippen LogP contribution in [0.2, 0.25) is 0 Å². The molecule has 2 heterocycles. The van der Waals surface area contributed by atoms with E-state index < -0.39 is 0 Å². The van der Waals surface area contributed by atoms with Crippen LogP contribution in [0.15, 0.2) is 12.4 Å². The Morgan fingerprint density at radius 1 is 1.50 bits per heavy atom. The zero-order chi connectivity index (χ0) is 11.5. The van der Waals surface area contributed by atoms with Crippen LogP contribution in [0.4, 0.5) is 5.69 Å². The van der Waals surface area contributed by atoms with Crippen LogP contribution in [0.3, 0.4) is 0 Å². The second kappa shape index (κ2) is 4.87. The summed E-state index contributed by atoms with van der Waals surface area (Å²) in [6.45, 7) is 8.26. The third-order valence-electron chi connectivity index (χ3n) is 3.20. The number of nitrogens with zero attached hydrogens (tertiary/aromatic N) is 2. The Kier molecular flexibility index (Phi) is 3.49. The van der Waals surface area contributed by atoms with E-state index in [9.17, 15) is 0 Å². The molecule has 1 aliphatic heterocycles. The van der Waals surface area contributed by atoms with E-state index in [0.717, 1.165) is 25.3 Å². The quantitative estimate of drug-likeness (QED) is 0.851. The lowest BCUT2D eigenvalue weighted by molar-refractivity contribution is 0.183. The lowest BCUT2D eigenvalue weighted by Crippen LogP contribution is -2.25. The Labute approximate surface area is 97.0 Å². The van der Waals surface area contributed by atoms with Gasteiger partial charge in [0.2, 0.25) is 0 Å². The van der Waals surface area contributed by atoms with E-state index in [0.29, 0.717) is 18.0 Å². The molecule has 4 heteroatoms. The highest BCUT2D eigenvalue weighted by Gasteiger charge is 2.22. The maximum Gasteiger partial charge on any atom is 0.0728 e. The van der Waals surface area contributed by atoms with Gasteiger partial charge in [-0.05, 0) is 27.2 Å². The first-order valence-corrected chi connectivity index (χ1v) is 6.05. The molecule has 1 saturated heterocycles. The third-order valence-corrected chi connectivity index (χ3v) is 3.20. The summed E-state index contributed by atoms with van der Waals surface area (Å²) in [6.07, 6.45) is 5.12. The van der Waals surface area contributed by atoms with Gasteiger partial charge in [0, 0.05) is 30.8 Å². The minimum absolute atomic E-state index is 0.417. The fourth-order valence-electron chi connectivity index (χ4n) is 2.02. The molecule has 0 spiro atoms. The van der Waals surface area contributed by atoms with E-state index in [4.69, 9.17) is 4.74 Å². The van der Waals surface area contributed by atoms with Crippen molar-refractivity contribution in [3.8, 4) is 0 Å². The first-order chi connectivity index (χ1) is 7.66. The molecule has 1 fully saturated rings. The summed E-state index contributed by atoms with van der Waals surface area (Å²) in [6, 6.07) is 0.869. The summed E-state index contributed by atoms with van der Waals surface area (Å²) >= 11 is 0. The van der Waals surface area contributed by atoms with Crippen molar-refractivity contribution in [3.63, 3.8) is 0 Å². The molecule has 2 rings (SSSR count). The van der Waals surface area contributed by atoms with Gasteiger partial charge in [0.1, 0.15) is 0 Å². The minimum Gasteiger partial charge on any atom is -0.381 e. The van der Waals surface area contributed by atoms with Crippen molar-refractivity contribution in [1.29, 1.82) is 0 Å². The fraction of sp³-hybridized carbons (Fsp3) is 0.750. The molecule has 0 aromatic carbocycles. The average Bonchev–Trinajstić information content (AvgIpc) is 2.87. The molecule has 16 heavy (non-hydrogen) atoms. The number of aromatic nitrogens is 2. The van der Waals surface area contributed by atoms with Gasteiger partial charge in [0.15, 0.2) is 0 Å². The molecule has 1 aromatic heterocycles. The molecule has 2 atom stereocenters.